The standard InChI is InChI=1S/C17H14N2O3S/c1-21-13-5-2-4-12(10-13)15(11-14-6-3-8-22-14)16(20)19-17-18-7-9-23-17/h2-11H,1H3,(H,18,19,20). The molecule has 23 heavy (non-hydrogen) atoms. The molecule has 0 aliphatic heterocycles. The summed E-state index contributed by atoms with van der Waals surface area (Å²) in [6.45, 7) is 0. The number of carbonyl (C=O) groups excluding carboxylic acids is 1. The van der Waals surface area contributed by atoms with Gasteiger partial charge in [-0.25, -0.2) is 4.98 Å². The van der Waals surface area contributed by atoms with E-state index in [4.69, 9.17) is 9.15 Å². The van der Waals surface area contributed by atoms with Crippen molar-refractivity contribution in [2.75, 3.05) is 12.4 Å². The van der Waals surface area contributed by atoms with Gasteiger partial charge in [-0.15, -0.1) is 11.3 Å². The number of amides is 1. The normalized spacial score (nSPS) is 11.3. The molecule has 5 nitrogen and oxygen atoms in total. The molecular formula is C17H14N2O3S. The number of nitrogens with one attached hydrogen (secondary N) is 1. The second-order valence-electron chi connectivity index (χ2n) is 4.60. The summed E-state index contributed by atoms with van der Waals surface area (Å²) in [4.78, 5) is 16.7. The maximum atomic E-state index is 12.6. The number of rotatable bonds is 5. The van der Waals surface area contributed by atoms with Gasteiger partial charge in [-0.2, -0.15) is 0 Å². The van der Waals surface area contributed by atoms with Crippen LogP contribution in [-0.4, -0.2) is 18.0 Å². The molecule has 0 fully saturated rings. The maximum Gasteiger partial charge on any atom is 0.258 e. The first-order valence-corrected chi connectivity index (χ1v) is 7.75. The van der Waals surface area contributed by atoms with E-state index in [2.05, 4.69) is 10.3 Å². The molecule has 0 bridgehead atoms. The second-order valence-corrected chi connectivity index (χ2v) is 5.49. The first-order chi connectivity index (χ1) is 11.3. The van der Waals surface area contributed by atoms with Gasteiger partial charge < -0.3 is 9.15 Å². The van der Waals surface area contributed by atoms with Crippen LogP contribution < -0.4 is 10.1 Å². The molecule has 3 rings (SSSR count). The number of aromatic nitrogens is 1. The average molecular weight is 326 g/mol. The zero-order valence-electron chi connectivity index (χ0n) is 12.4. The Hall–Kier alpha value is -2.86. The van der Waals surface area contributed by atoms with Gasteiger partial charge in [-0.05, 0) is 35.9 Å². The Morgan fingerprint density at radius 2 is 2.26 bits per heavy atom. The van der Waals surface area contributed by atoms with E-state index < -0.39 is 0 Å². The third-order valence-electron chi connectivity index (χ3n) is 3.11. The molecule has 6 heteroatoms. The molecule has 0 saturated carbocycles. The zero-order chi connectivity index (χ0) is 16.1. The highest BCUT2D eigenvalue weighted by atomic mass is 32.1. The molecule has 0 atom stereocenters. The highest BCUT2D eigenvalue weighted by Crippen LogP contribution is 2.24. The quantitative estimate of drug-likeness (QED) is 0.722. The van der Waals surface area contributed by atoms with Crippen LogP contribution in [0.2, 0.25) is 0 Å². The van der Waals surface area contributed by atoms with Crippen LogP contribution in [0.15, 0.2) is 58.7 Å². The smallest absolute Gasteiger partial charge is 0.258 e. The molecular weight excluding hydrogens is 312 g/mol. The number of methoxy groups -OCH3 is 1. The molecule has 116 valence electrons. The molecule has 1 N–H and O–H groups in total. The Morgan fingerprint density at radius 3 is 2.96 bits per heavy atom. The van der Waals surface area contributed by atoms with Crippen LogP contribution in [0.5, 0.6) is 5.75 Å². The van der Waals surface area contributed by atoms with Gasteiger partial charge in [0.2, 0.25) is 0 Å². The summed E-state index contributed by atoms with van der Waals surface area (Å²) < 4.78 is 10.6. The van der Waals surface area contributed by atoms with Crippen molar-refractivity contribution in [1.82, 2.24) is 4.98 Å². The van der Waals surface area contributed by atoms with Crippen molar-refractivity contribution in [3.8, 4) is 5.75 Å². The van der Waals surface area contributed by atoms with Crippen molar-refractivity contribution < 1.29 is 13.9 Å². The average Bonchev–Trinajstić information content (AvgIpc) is 3.26. The lowest BCUT2D eigenvalue weighted by Crippen LogP contribution is -2.13. The maximum absolute atomic E-state index is 12.6. The topological polar surface area (TPSA) is 64.4 Å². The summed E-state index contributed by atoms with van der Waals surface area (Å²) in [5, 5.41) is 5.14. The SMILES string of the molecule is COc1cccc(C(=Cc2ccco2)C(=O)Nc2nccs2)c1. The first-order valence-electron chi connectivity index (χ1n) is 6.87. The van der Waals surface area contributed by atoms with Crippen LogP contribution in [0.25, 0.3) is 11.6 Å². The minimum absolute atomic E-state index is 0.260. The van der Waals surface area contributed by atoms with Crippen molar-refractivity contribution in [3.63, 3.8) is 0 Å². The van der Waals surface area contributed by atoms with Crippen molar-refractivity contribution in [2.45, 2.75) is 0 Å². The molecule has 0 spiro atoms. The summed E-state index contributed by atoms with van der Waals surface area (Å²) in [5.41, 5.74) is 1.20. The second kappa shape index (κ2) is 6.93. The van der Waals surface area contributed by atoms with Crippen LogP contribution in [-0.2, 0) is 4.79 Å². The van der Waals surface area contributed by atoms with Crippen molar-refractivity contribution >= 4 is 34.0 Å². The van der Waals surface area contributed by atoms with Gasteiger partial charge in [0.05, 0.1) is 18.9 Å². The van der Waals surface area contributed by atoms with Gasteiger partial charge in [-0.3, -0.25) is 10.1 Å². The van der Waals surface area contributed by atoms with Crippen molar-refractivity contribution in [3.05, 3.63) is 65.6 Å². The van der Waals surface area contributed by atoms with Crippen LogP contribution in [0.3, 0.4) is 0 Å². The van der Waals surface area contributed by atoms with Gasteiger partial charge in [0.25, 0.3) is 5.91 Å². The molecule has 0 unspecified atom stereocenters. The number of hydrogen-bond donors (Lipinski definition) is 1. The number of thiazole rings is 1. The largest absolute Gasteiger partial charge is 0.497 e. The number of carbonyl (C=O) groups is 1. The number of ether oxygens (including phenoxy) is 1. The van der Waals surface area contributed by atoms with Gasteiger partial charge in [0.1, 0.15) is 11.5 Å². The van der Waals surface area contributed by atoms with Gasteiger partial charge in [0.15, 0.2) is 5.13 Å². The fourth-order valence-electron chi connectivity index (χ4n) is 2.04. The van der Waals surface area contributed by atoms with E-state index in [0.29, 0.717) is 22.2 Å². The Labute approximate surface area is 137 Å². The van der Waals surface area contributed by atoms with E-state index in [-0.39, 0.29) is 5.91 Å². The Morgan fingerprint density at radius 1 is 1.35 bits per heavy atom. The molecule has 0 saturated heterocycles. The Kier molecular flexibility index (Phi) is 4.54. The summed E-state index contributed by atoms with van der Waals surface area (Å²) in [6.07, 6.45) is 4.90. The van der Waals surface area contributed by atoms with E-state index >= 15 is 0 Å². The predicted octanol–water partition coefficient (Wildman–Crippen LogP) is 3.92. The third-order valence-corrected chi connectivity index (χ3v) is 3.80. The van der Waals surface area contributed by atoms with Gasteiger partial charge in [-0.1, -0.05) is 12.1 Å². The lowest BCUT2D eigenvalue weighted by molar-refractivity contribution is -0.111. The molecule has 1 aromatic carbocycles. The van der Waals surface area contributed by atoms with Crippen molar-refractivity contribution in [2.24, 2.45) is 0 Å². The molecule has 0 aliphatic rings. The molecule has 0 aliphatic carbocycles. The lowest BCUT2D eigenvalue weighted by atomic mass is 10.0. The Bertz CT molecular complexity index is 808. The monoisotopic (exact) mass is 326 g/mol. The van der Waals surface area contributed by atoms with E-state index in [0.717, 1.165) is 5.56 Å². The van der Waals surface area contributed by atoms with E-state index in [1.165, 1.54) is 11.3 Å². The summed E-state index contributed by atoms with van der Waals surface area (Å²) in [7, 11) is 1.59. The van der Waals surface area contributed by atoms with Gasteiger partial charge in [0, 0.05) is 11.6 Å². The zero-order valence-corrected chi connectivity index (χ0v) is 13.2. The molecule has 3 aromatic rings. The number of anilines is 1. The number of hydrogen-bond acceptors (Lipinski definition) is 5. The number of nitrogens with zero attached hydrogens (tertiary/aromatic N) is 1. The van der Waals surface area contributed by atoms with E-state index in [1.807, 2.05) is 18.2 Å². The highest BCUT2D eigenvalue weighted by Gasteiger charge is 2.15. The fourth-order valence-corrected chi connectivity index (χ4v) is 2.56. The van der Waals surface area contributed by atoms with Crippen LogP contribution in [0, 0.1) is 0 Å². The van der Waals surface area contributed by atoms with Crippen LogP contribution in [0.1, 0.15) is 11.3 Å². The van der Waals surface area contributed by atoms with E-state index in [1.54, 1.807) is 49.2 Å². The highest BCUT2D eigenvalue weighted by molar-refractivity contribution is 7.13. The third kappa shape index (κ3) is 3.67. The fraction of sp³-hybridized carbons (Fsp3) is 0.0588. The number of furan rings is 1. The minimum Gasteiger partial charge on any atom is -0.497 e. The van der Waals surface area contributed by atoms with Gasteiger partial charge >= 0.3 is 0 Å². The van der Waals surface area contributed by atoms with Crippen molar-refractivity contribution in [1.29, 1.82) is 0 Å². The summed E-state index contributed by atoms with van der Waals surface area (Å²) in [5.74, 6) is 1.01. The molecule has 1 amide bonds. The van der Waals surface area contributed by atoms with Crippen LogP contribution in [0.4, 0.5) is 5.13 Å². The summed E-state index contributed by atoms with van der Waals surface area (Å²) >= 11 is 1.36. The predicted molar refractivity (Wildman–Crippen MR) is 90.3 cm³/mol. The molecule has 0 radical (unpaired) electrons. The molecule has 2 heterocycles. The van der Waals surface area contributed by atoms with Crippen LogP contribution >= 0.6 is 11.3 Å². The number of benzene rings is 1. The summed E-state index contributed by atoms with van der Waals surface area (Å²) in [6, 6.07) is 10.9. The first kappa shape index (κ1) is 15.1. The minimum atomic E-state index is -0.260. The lowest BCUT2D eigenvalue weighted by Gasteiger charge is -2.09. The molecule has 2 aromatic heterocycles. The van der Waals surface area contributed by atoms with E-state index in [9.17, 15) is 4.79 Å². The Balaban J connectivity index is 1.97.